The second-order valence-corrected chi connectivity index (χ2v) is 3.73. The van der Waals surface area contributed by atoms with Crippen molar-refractivity contribution in [2.24, 2.45) is 0 Å². The molecule has 0 saturated carbocycles. The van der Waals surface area contributed by atoms with E-state index in [1.807, 2.05) is 0 Å². The molecule has 1 amide bonds. The van der Waals surface area contributed by atoms with Crippen LogP contribution in [0.4, 0.5) is 0 Å². The SMILES string of the molecule is CCC(=O)C(C)NC(=O)C(C)(C)OC. The Hall–Kier alpha value is -0.900. The fourth-order valence-electron chi connectivity index (χ4n) is 0.850. The van der Waals surface area contributed by atoms with Gasteiger partial charge in [0.15, 0.2) is 5.78 Å². The molecule has 1 unspecified atom stereocenters. The van der Waals surface area contributed by atoms with Gasteiger partial charge in [-0.2, -0.15) is 0 Å². The highest BCUT2D eigenvalue weighted by atomic mass is 16.5. The smallest absolute Gasteiger partial charge is 0.252 e. The number of ketones is 1. The summed E-state index contributed by atoms with van der Waals surface area (Å²) in [7, 11) is 1.46. The standard InChI is InChI=1S/C10H19NO3/c1-6-8(12)7(2)11-9(13)10(3,4)14-5/h7H,6H2,1-5H3,(H,11,13). The quantitative estimate of drug-likeness (QED) is 0.719. The van der Waals surface area contributed by atoms with Crippen LogP contribution < -0.4 is 5.32 Å². The van der Waals surface area contributed by atoms with Gasteiger partial charge >= 0.3 is 0 Å². The molecule has 0 fully saturated rings. The van der Waals surface area contributed by atoms with Crippen molar-refractivity contribution in [3.63, 3.8) is 0 Å². The Kier molecular flexibility index (Phi) is 4.77. The van der Waals surface area contributed by atoms with Crippen molar-refractivity contribution in [3.8, 4) is 0 Å². The van der Waals surface area contributed by atoms with Gasteiger partial charge in [-0.05, 0) is 20.8 Å². The van der Waals surface area contributed by atoms with Gasteiger partial charge in [-0.15, -0.1) is 0 Å². The first-order valence-electron chi connectivity index (χ1n) is 4.74. The summed E-state index contributed by atoms with van der Waals surface area (Å²) in [6.07, 6.45) is 0.425. The van der Waals surface area contributed by atoms with Gasteiger partial charge in [0.05, 0.1) is 6.04 Å². The van der Waals surface area contributed by atoms with Gasteiger partial charge in [0.25, 0.3) is 5.91 Å². The van der Waals surface area contributed by atoms with Crippen molar-refractivity contribution in [2.45, 2.75) is 45.8 Å². The number of carbonyl (C=O) groups excluding carboxylic acids is 2. The van der Waals surface area contributed by atoms with Gasteiger partial charge in [-0.3, -0.25) is 9.59 Å². The third kappa shape index (κ3) is 3.46. The molecule has 0 aromatic rings. The average Bonchev–Trinajstić information content (AvgIpc) is 2.16. The average molecular weight is 201 g/mol. The van der Waals surface area contributed by atoms with Crippen LogP contribution in [0.2, 0.25) is 0 Å². The first-order valence-corrected chi connectivity index (χ1v) is 4.74. The lowest BCUT2D eigenvalue weighted by Crippen LogP contribution is -2.49. The van der Waals surface area contributed by atoms with Gasteiger partial charge in [-0.1, -0.05) is 6.92 Å². The van der Waals surface area contributed by atoms with Gasteiger partial charge in [-0.25, -0.2) is 0 Å². The molecule has 0 rings (SSSR count). The van der Waals surface area contributed by atoms with Crippen molar-refractivity contribution in [2.75, 3.05) is 7.11 Å². The lowest BCUT2D eigenvalue weighted by atomic mass is 10.1. The Bertz CT molecular complexity index is 223. The fourth-order valence-corrected chi connectivity index (χ4v) is 0.850. The molecule has 0 aliphatic carbocycles. The minimum atomic E-state index is -0.887. The first-order chi connectivity index (χ1) is 6.35. The van der Waals surface area contributed by atoms with Gasteiger partial charge < -0.3 is 10.1 Å². The first kappa shape index (κ1) is 13.1. The summed E-state index contributed by atoms with van der Waals surface area (Å²) in [5, 5.41) is 2.61. The molecule has 0 aromatic heterocycles. The lowest BCUT2D eigenvalue weighted by molar-refractivity contribution is -0.141. The predicted octanol–water partition coefficient (Wildman–Crippen LogP) is 0.895. The molecule has 0 bridgehead atoms. The van der Waals surface area contributed by atoms with Crippen LogP contribution in [0.15, 0.2) is 0 Å². The summed E-state index contributed by atoms with van der Waals surface area (Å²) in [6, 6.07) is -0.443. The molecule has 0 saturated heterocycles. The Morgan fingerprint density at radius 2 is 1.93 bits per heavy atom. The summed E-state index contributed by atoms with van der Waals surface area (Å²) in [6.45, 7) is 6.76. The zero-order valence-corrected chi connectivity index (χ0v) is 9.51. The Morgan fingerprint density at radius 1 is 1.43 bits per heavy atom. The maximum atomic E-state index is 11.5. The van der Waals surface area contributed by atoms with E-state index in [2.05, 4.69) is 5.32 Å². The van der Waals surface area contributed by atoms with Crippen molar-refractivity contribution < 1.29 is 14.3 Å². The number of ether oxygens (including phenoxy) is 1. The minimum absolute atomic E-state index is 0.0188. The lowest BCUT2D eigenvalue weighted by Gasteiger charge is -2.23. The van der Waals surface area contributed by atoms with Crippen LogP contribution in [-0.2, 0) is 14.3 Å². The van der Waals surface area contributed by atoms with Crippen LogP contribution in [0.25, 0.3) is 0 Å². The molecule has 14 heavy (non-hydrogen) atoms. The number of hydrogen-bond acceptors (Lipinski definition) is 3. The van der Waals surface area contributed by atoms with Crippen molar-refractivity contribution >= 4 is 11.7 Å². The number of rotatable bonds is 5. The molecule has 1 atom stereocenters. The Labute approximate surface area is 85.0 Å². The fraction of sp³-hybridized carbons (Fsp3) is 0.800. The molecule has 0 spiro atoms. The van der Waals surface area contributed by atoms with Gasteiger partial charge in [0.1, 0.15) is 5.60 Å². The predicted molar refractivity (Wildman–Crippen MR) is 54.0 cm³/mol. The topological polar surface area (TPSA) is 55.4 Å². The zero-order chi connectivity index (χ0) is 11.4. The number of nitrogens with one attached hydrogen (secondary N) is 1. The molecule has 0 heterocycles. The summed E-state index contributed by atoms with van der Waals surface area (Å²) in [4.78, 5) is 22.7. The number of carbonyl (C=O) groups is 2. The van der Waals surface area contributed by atoms with Crippen molar-refractivity contribution in [1.29, 1.82) is 0 Å². The highest BCUT2D eigenvalue weighted by molar-refractivity contribution is 5.91. The van der Waals surface area contributed by atoms with E-state index in [0.29, 0.717) is 6.42 Å². The van der Waals surface area contributed by atoms with E-state index in [0.717, 1.165) is 0 Å². The molecule has 82 valence electrons. The van der Waals surface area contributed by atoms with Gasteiger partial charge in [0, 0.05) is 13.5 Å². The highest BCUT2D eigenvalue weighted by Gasteiger charge is 2.28. The number of Topliss-reactive ketones (excluding diaryl/α,β-unsaturated/α-hetero) is 1. The summed E-state index contributed by atoms with van der Waals surface area (Å²) < 4.78 is 4.99. The minimum Gasteiger partial charge on any atom is -0.369 e. The number of amides is 1. The monoisotopic (exact) mass is 201 g/mol. The van der Waals surface area contributed by atoms with Crippen LogP contribution in [0.3, 0.4) is 0 Å². The maximum Gasteiger partial charge on any atom is 0.252 e. The molecule has 0 aliphatic heterocycles. The van der Waals surface area contributed by atoms with E-state index in [1.54, 1.807) is 27.7 Å². The molecule has 0 radical (unpaired) electrons. The summed E-state index contributed by atoms with van der Waals surface area (Å²) in [5.41, 5.74) is -0.887. The Morgan fingerprint density at radius 3 is 2.29 bits per heavy atom. The largest absolute Gasteiger partial charge is 0.369 e. The molecular formula is C10H19NO3. The number of methoxy groups -OCH3 is 1. The molecular weight excluding hydrogens is 182 g/mol. The van der Waals surface area contributed by atoms with E-state index in [9.17, 15) is 9.59 Å². The Balaban J connectivity index is 4.26. The third-order valence-corrected chi connectivity index (χ3v) is 2.24. The third-order valence-electron chi connectivity index (χ3n) is 2.24. The van der Waals surface area contributed by atoms with Crippen LogP contribution in [0, 0.1) is 0 Å². The van der Waals surface area contributed by atoms with Crippen LogP contribution in [0.5, 0.6) is 0 Å². The van der Waals surface area contributed by atoms with Gasteiger partial charge in [0.2, 0.25) is 0 Å². The molecule has 4 nitrogen and oxygen atoms in total. The van der Waals surface area contributed by atoms with E-state index < -0.39 is 11.6 Å². The second-order valence-electron chi connectivity index (χ2n) is 3.73. The van der Waals surface area contributed by atoms with Crippen LogP contribution >= 0.6 is 0 Å². The molecule has 4 heteroatoms. The van der Waals surface area contributed by atoms with E-state index in [-0.39, 0.29) is 11.7 Å². The molecule has 0 aliphatic rings. The molecule has 0 aromatic carbocycles. The van der Waals surface area contributed by atoms with Crippen LogP contribution in [-0.4, -0.2) is 30.4 Å². The van der Waals surface area contributed by atoms with Crippen LogP contribution in [0.1, 0.15) is 34.1 Å². The summed E-state index contributed by atoms with van der Waals surface area (Å²) >= 11 is 0. The second kappa shape index (κ2) is 5.10. The zero-order valence-electron chi connectivity index (χ0n) is 9.51. The summed E-state index contributed by atoms with van der Waals surface area (Å²) in [5.74, 6) is -0.250. The molecule has 1 N–H and O–H groups in total. The maximum absolute atomic E-state index is 11.5. The van der Waals surface area contributed by atoms with E-state index >= 15 is 0 Å². The van der Waals surface area contributed by atoms with Crippen molar-refractivity contribution in [1.82, 2.24) is 5.32 Å². The van der Waals surface area contributed by atoms with Crippen molar-refractivity contribution in [3.05, 3.63) is 0 Å². The normalized spacial score (nSPS) is 13.5. The van der Waals surface area contributed by atoms with E-state index in [4.69, 9.17) is 4.74 Å². The number of hydrogen-bond donors (Lipinski definition) is 1. The van der Waals surface area contributed by atoms with E-state index in [1.165, 1.54) is 7.11 Å². The highest BCUT2D eigenvalue weighted by Crippen LogP contribution is 2.07.